The molecule has 0 aliphatic carbocycles. The van der Waals surface area contributed by atoms with E-state index < -0.39 is 23.3 Å². The fraction of sp³-hybridized carbons (Fsp3) is 0.0370. The Hall–Kier alpha value is -5.32. The van der Waals surface area contributed by atoms with E-state index in [-0.39, 0.29) is 28.2 Å². The number of nitrogen functional groups attached to an aromatic ring is 1. The Morgan fingerprint density at radius 3 is 2.55 bits per heavy atom. The molecule has 0 aliphatic rings. The summed E-state index contributed by atoms with van der Waals surface area (Å²) in [6.07, 6.45) is 1.63. The zero-order valence-electron chi connectivity index (χ0n) is 20.0. The number of nitrogens with zero attached hydrogens (tertiary/aromatic N) is 3. The Bertz CT molecular complexity index is 1700. The van der Waals surface area contributed by atoms with Gasteiger partial charge in [-0.05, 0) is 54.6 Å². The van der Waals surface area contributed by atoms with Gasteiger partial charge < -0.3 is 26.2 Å². The number of carbonyl (C=O) groups is 1. The van der Waals surface area contributed by atoms with Gasteiger partial charge in [-0.1, -0.05) is 17.3 Å². The van der Waals surface area contributed by atoms with Crippen LogP contribution in [0.2, 0.25) is 0 Å². The summed E-state index contributed by atoms with van der Waals surface area (Å²) in [6.45, 7) is 0. The number of halogens is 2. The van der Waals surface area contributed by atoms with Gasteiger partial charge in [-0.2, -0.15) is 0 Å². The van der Waals surface area contributed by atoms with E-state index in [1.807, 2.05) is 6.07 Å². The highest BCUT2D eigenvalue weighted by Crippen LogP contribution is 2.36. The van der Waals surface area contributed by atoms with Gasteiger partial charge >= 0.3 is 0 Å². The third-order valence-electron chi connectivity index (χ3n) is 6.05. The molecule has 1 amide bonds. The molecule has 0 spiro atoms. The van der Waals surface area contributed by atoms with Crippen LogP contribution in [0.5, 0.6) is 0 Å². The molecule has 3 aromatic carbocycles. The lowest BCUT2D eigenvalue weighted by Crippen LogP contribution is -2.24. The maximum atomic E-state index is 16.0. The monoisotopic (exact) mass is 513 g/mol. The number of pyridine rings is 1. The summed E-state index contributed by atoms with van der Waals surface area (Å²) in [6, 6.07) is 17.1. The Morgan fingerprint density at radius 2 is 1.84 bits per heavy atom. The number of nitrogens with two attached hydrogens (primary N) is 2. The normalized spacial score (nSPS) is 10.9. The molecular weight excluding hydrogens is 492 g/mol. The first-order valence-electron chi connectivity index (χ1n) is 11.3. The molecule has 5 aromatic rings. The molecule has 0 fully saturated rings. The van der Waals surface area contributed by atoms with Gasteiger partial charge in [0.25, 0.3) is 5.91 Å². The van der Waals surface area contributed by atoms with Crippen molar-refractivity contribution in [1.29, 1.82) is 5.41 Å². The minimum Gasteiger partial charge on any atom is -0.380 e. The number of anilines is 5. The van der Waals surface area contributed by atoms with Crippen molar-refractivity contribution in [1.82, 2.24) is 10.1 Å². The van der Waals surface area contributed by atoms with Crippen LogP contribution in [0, 0.1) is 17.0 Å². The molecule has 9 nitrogen and oxygen atoms in total. The molecule has 0 bridgehead atoms. The smallest absolute Gasteiger partial charge is 0.267 e. The molecule has 0 radical (unpaired) electrons. The zero-order valence-corrected chi connectivity index (χ0v) is 20.0. The van der Waals surface area contributed by atoms with Crippen LogP contribution in [0.3, 0.4) is 0 Å². The van der Waals surface area contributed by atoms with Gasteiger partial charge in [-0.3, -0.25) is 10.2 Å². The molecule has 2 aromatic heterocycles. The lowest BCUT2D eigenvalue weighted by Gasteiger charge is -2.20. The minimum absolute atomic E-state index is 0.0143. The molecule has 0 aliphatic heterocycles. The van der Waals surface area contributed by atoms with Gasteiger partial charge in [-0.25, -0.2) is 13.8 Å². The first-order valence-corrected chi connectivity index (χ1v) is 11.3. The molecule has 190 valence electrons. The highest BCUT2D eigenvalue weighted by atomic mass is 19.1. The number of fused-ring (bicyclic) bond motifs is 1. The summed E-state index contributed by atoms with van der Waals surface area (Å²) in [4.78, 5) is 17.7. The quantitative estimate of drug-likeness (QED) is 0.221. The largest absolute Gasteiger partial charge is 0.380 e. The number of carbonyl (C=O) groups excluding carboxylic acids is 1. The second kappa shape index (κ2) is 9.62. The van der Waals surface area contributed by atoms with Gasteiger partial charge in [0.05, 0.1) is 11.1 Å². The van der Waals surface area contributed by atoms with Crippen LogP contribution in [-0.4, -0.2) is 28.8 Å². The number of aromatic nitrogens is 2. The summed E-state index contributed by atoms with van der Waals surface area (Å²) in [7, 11) is 1.74. The molecule has 11 heteroatoms. The number of hydrogen-bond donors (Lipinski definition) is 4. The molecule has 0 saturated carbocycles. The molecule has 2 heterocycles. The predicted octanol–water partition coefficient (Wildman–Crippen LogP) is 5.11. The first-order chi connectivity index (χ1) is 18.2. The average molecular weight is 514 g/mol. The van der Waals surface area contributed by atoms with Crippen LogP contribution in [0.4, 0.5) is 37.5 Å². The van der Waals surface area contributed by atoms with Gasteiger partial charge in [0.1, 0.15) is 17.3 Å². The van der Waals surface area contributed by atoms with Gasteiger partial charge in [0.2, 0.25) is 0 Å². The zero-order chi connectivity index (χ0) is 27.0. The maximum absolute atomic E-state index is 16.0. The number of benzene rings is 3. The molecule has 6 N–H and O–H groups in total. The van der Waals surface area contributed by atoms with Crippen LogP contribution in [0.15, 0.2) is 77.4 Å². The van der Waals surface area contributed by atoms with E-state index in [1.54, 1.807) is 54.5 Å². The Balaban J connectivity index is 1.58. The van der Waals surface area contributed by atoms with Crippen LogP contribution < -0.4 is 21.7 Å². The fourth-order valence-electron chi connectivity index (χ4n) is 4.04. The fourth-order valence-corrected chi connectivity index (χ4v) is 4.04. The van der Waals surface area contributed by atoms with Crippen molar-refractivity contribution >= 4 is 51.3 Å². The van der Waals surface area contributed by atoms with Crippen LogP contribution >= 0.6 is 0 Å². The van der Waals surface area contributed by atoms with E-state index >= 15 is 8.78 Å². The Labute approximate surface area is 215 Å². The molecule has 0 unspecified atom stereocenters. The van der Waals surface area contributed by atoms with Crippen LogP contribution in [0.1, 0.15) is 5.56 Å². The molecule has 0 saturated heterocycles. The highest BCUT2D eigenvalue weighted by molar-refractivity contribution is 6.44. The summed E-state index contributed by atoms with van der Waals surface area (Å²) in [5, 5.41) is 15.1. The third kappa shape index (κ3) is 4.37. The van der Waals surface area contributed by atoms with E-state index in [9.17, 15) is 4.79 Å². The maximum Gasteiger partial charge on any atom is 0.267 e. The number of rotatable bonds is 7. The van der Waals surface area contributed by atoms with Gasteiger partial charge in [0.15, 0.2) is 17.2 Å². The number of nitrogens with one attached hydrogen (secondary N) is 2. The summed E-state index contributed by atoms with van der Waals surface area (Å²) in [5.41, 5.74) is 11.4. The third-order valence-corrected chi connectivity index (χ3v) is 6.05. The van der Waals surface area contributed by atoms with Crippen molar-refractivity contribution in [2.75, 3.05) is 23.0 Å². The summed E-state index contributed by atoms with van der Waals surface area (Å²) in [5.74, 6) is -1.85. The Morgan fingerprint density at radius 1 is 1.05 bits per heavy atom. The van der Waals surface area contributed by atoms with E-state index in [1.165, 1.54) is 24.3 Å². The second-order valence-electron chi connectivity index (χ2n) is 8.40. The van der Waals surface area contributed by atoms with Crippen molar-refractivity contribution in [2.24, 2.45) is 5.73 Å². The topological polar surface area (TPSA) is 147 Å². The lowest BCUT2D eigenvalue weighted by atomic mass is 9.97. The van der Waals surface area contributed by atoms with Crippen LogP contribution in [-0.2, 0) is 4.79 Å². The average Bonchev–Trinajstić information content (AvgIpc) is 3.29. The van der Waals surface area contributed by atoms with E-state index in [2.05, 4.69) is 15.5 Å². The molecular formula is C27H21F2N7O2. The standard InChI is InChI=1S/C27H21F2N7O2/c1-36(22-4-2-3-11-33-22)15-6-7-16(20(28)13-15)17-8-9-18(24(30)27(32)37)25(23(17)29)34-14-5-10-21-19(12-14)26(31)35-38-21/h2-13,30,34H,1H3,(H2,31,35)(H2,32,37). The van der Waals surface area contributed by atoms with E-state index in [4.69, 9.17) is 21.4 Å². The van der Waals surface area contributed by atoms with Crippen LogP contribution in [0.25, 0.3) is 22.1 Å². The minimum atomic E-state index is -1.05. The number of primary amides is 1. The molecule has 38 heavy (non-hydrogen) atoms. The van der Waals surface area contributed by atoms with E-state index in [0.717, 1.165) is 0 Å². The first kappa shape index (κ1) is 24.4. The van der Waals surface area contributed by atoms with Crippen molar-refractivity contribution < 1.29 is 18.1 Å². The highest BCUT2D eigenvalue weighted by Gasteiger charge is 2.22. The summed E-state index contributed by atoms with van der Waals surface area (Å²) < 4.78 is 36.4. The predicted molar refractivity (Wildman–Crippen MR) is 142 cm³/mol. The lowest BCUT2D eigenvalue weighted by molar-refractivity contribution is -0.112. The summed E-state index contributed by atoms with van der Waals surface area (Å²) >= 11 is 0. The van der Waals surface area contributed by atoms with Gasteiger partial charge in [-0.15, -0.1) is 0 Å². The Kier molecular flexibility index (Phi) is 6.17. The van der Waals surface area contributed by atoms with Crippen molar-refractivity contribution in [3.8, 4) is 11.1 Å². The number of amides is 1. The van der Waals surface area contributed by atoms with Crippen molar-refractivity contribution in [3.63, 3.8) is 0 Å². The van der Waals surface area contributed by atoms with E-state index in [0.29, 0.717) is 28.2 Å². The molecule has 0 atom stereocenters. The van der Waals surface area contributed by atoms with Gasteiger partial charge in [0, 0.05) is 41.3 Å². The second-order valence-corrected chi connectivity index (χ2v) is 8.40. The number of hydrogen-bond acceptors (Lipinski definition) is 8. The van der Waals surface area contributed by atoms with Crippen molar-refractivity contribution in [2.45, 2.75) is 0 Å². The van der Waals surface area contributed by atoms with Crippen molar-refractivity contribution in [3.05, 3.63) is 90.1 Å². The molecule has 5 rings (SSSR count). The SMILES string of the molecule is CN(c1ccc(-c2ccc(C(=N)C(N)=O)c(Nc3ccc4onc(N)c4c3)c2F)c(F)c1)c1ccccn1.